The van der Waals surface area contributed by atoms with E-state index in [2.05, 4.69) is 15.6 Å². The molecule has 0 bridgehead atoms. The molecule has 0 aliphatic carbocycles. The van der Waals surface area contributed by atoms with Gasteiger partial charge in [0.05, 0.1) is 38.0 Å². The molecule has 0 spiro atoms. The van der Waals surface area contributed by atoms with Gasteiger partial charge in [0, 0.05) is 42.1 Å². The Morgan fingerprint density at radius 2 is 1.74 bits per heavy atom. The maximum absolute atomic E-state index is 12.6. The van der Waals surface area contributed by atoms with E-state index >= 15 is 0 Å². The van der Waals surface area contributed by atoms with E-state index in [1.54, 1.807) is 55.6 Å². The number of carbonyl (C=O) groups excluding carboxylic acids is 4. The van der Waals surface area contributed by atoms with Gasteiger partial charge in [0.2, 0.25) is 17.4 Å². The molecule has 0 fully saturated rings. The second kappa shape index (κ2) is 14.5. The van der Waals surface area contributed by atoms with Crippen molar-refractivity contribution >= 4 is 69.1 Å². The van der Waals surface area contributed by atoms with E-state index in [9.17, 15) is 19.2 Å². The second-order valence-corrected chi connectivity index (χ2v) is 9.80. The maximum Gasteiger partial charge on any atom is 0.253 e. The highest BCUT2D eigenvalue weighted by molar-refractivity contribution is 7.80. The molecule has 0 atom stereocenters. The number of hydrogen-bond acceptors (Lipinski definition) is 9. The molecule has 2 heterocycles. The number of carbonyl (C=O) groups is 4. The van der Waals surface area contributed by atoms with Crippen LogP contribution in [-0.2, 0) is 23.9 Å². The number of ether oxygens (including phenoxy) is 2. The summed E-state index contributed by atoms with van der Waals surface area (Å²) >= 11 is 11.7. The number of fused-ring (bicyclic) bond motifs is 1. The minimum atomic E-state index is -0.434. The molecule has 2 N–H and O–H groups in total. The summed E-state index contributed by atoms with van der Waals surface area (Å²) in [5.41, 5.74) is 1.75. The first kappa shape index (κ1) is 30.6. The zero-order valence-electron chi connectivity index (χ0n) is 22.6. The van der Waals surface area contributed by atoms with Crippen molar-refractivity contribution in [2.24, 2.45) is 4.99 Å². The summed E-state index contributed by atoms with van der Waals surface area (Å²) in [5, 5.41) is 6.52. The van der Waals surface area contributed by atoms with Gasteiger partial charge in [0.1, 0.15) is 16.3 Å². The molecule has 4 amide bonds. The Morgan fingerprint density at radius 1 is 1.00 bits per heavy atom. The van der Waals surface area contributed by atoms with Crippen LogP contribution in [0.25, 0.3) is 11.0 Å². The summed E-state index contributed by atoms with van der Waals surface area (Å²) in [6.07, 6.45) is 2.34. The number of imide groups is 1. The van der Waals surface area contributed by atoms with Crippen LogP contribution < -0.4 is 20.9 Å². The lowest BCUT2D eigenvalue weighted by Gasteiger charge is -2.13. The lowest BCUT2D eigenvalue weighted by atomic mass is 10.2. The van der Waals surface area contributed by atoms with Crippen molar-refractivity contribution < 1.29 is 33.1 Å². The van der Waals surface area contributed by atoms with Crippen LogP contribution in [0, 0.1) is 0 Å². The first-order valence-electron chi connectivity index (χ1n) is 12.9. The fourth-order valence-corrected chi connectivity index (χ4v) is 4.30. The molecule has 218 valence electrons. The molecular weight excluding hydrogens is 584 g/mol. The molecule has 1 aromatic heterocycles. The smallest absolute Gasteiger partial charge is 0.253 e. The van der Waals surface area contributed by atoms with Crippen LogP contribution in [0.4, 0.5) is 5.69 Å². The summed E-state index contributed by atoms with van der Waals surface area (Å²) in [7, 11) is 1.57. The Labute approximate surface area is 251 Å². The topological polar surface area (TPSA) is 140 Å². The van der Waals surface area contributed by atoms with Crippen LogP contribution in [0.2, 0.25) is 5.02 Å². The van der Waals surface area contributed by atoms with Gasteiger partial charge < -0.3 is 24.5 Å². The largest absolute Gasteiger partial charge is 0.497 e. The number of nitrogens with zero attached hydrogens (tertiary/aromatic N) is 2. The normalized spacial score (nSPS) is 13.1. The molecule has 3 aromatic rings. The summed E-state index contributed by atoms with van der Waals surface area (Å²) in [4.78, 5) is 53.2. The van der Waals surface area contributed by atoms with E-state index in [-0.39, 0.29) is 61.5 Å². The predicted octanol–water partition coefficient (Wildman–Crippen LogP) is 2.96. The monoisotopic (exact) mass is 610 g/mol. The van der Waals surface area contributed by atoms with Gasteiger partial charge in [-0.3, -0.25) is 24.1 Å². The Morgan fingerprint density at radius 3 is 2.45 bits per heavy atom. The van der Waals surface area contributed by atoms with Crippen molar-refractivity contribution in [1.82, 2.24) is 15.5 Å². The van der Waals surface area contributed by atoms with Crippen LogP contribution in [0.3, 0.4) is 0 Å². The Bertz CT molecular complexity index is 1600. The minimum absolute atomic E-state index is 0.00402. The number of thiocarbonyl (C=S) groups is 1. The fraction of sp³-hybridized carbons (Fsp3) is 0.241. The van der Waals surface area contributed by atoms with E-state index in [1.165, 1.54) is 12.2 Å². The van der Waals surface area contributed by atoms with Crippen molar-refractivity contribution in [2.75, 3.05) is 33.4 Å². The molecule has 13 heteroatoms. The van der Waals surface area contributed by atoms with Crippen LogP contribution in [-0.4, -0.2) is 66.9 Å². The Balaban J connectivity index is 1.28. The lowest BCUT2D eigenvalue weighted by Crippen LogP contribution is -2.35. The Kier molecular flexibility index (Phi) is 10.5. The molecule has 2 aromatic carbocycles. The van der Waals surface area contributed by atoms with Crippen LogP contribution >= 0.6 is 23.8 Å². The highest BCUT2D eigenvalue weighted by Gasteiger charge is 2.23. The van der Waals surface area contributed by atoms with Crippen LogP contribution in [0.15, 0.2) is 70.1 Å². The van der Waals surface area contributed by atoms with Gasteiger partial charge in [0.15, 0.2) is 0 Å². The minimum Gasteiger partial charge on any atom is -0.497 e. The van der Waals surface area contributed by atoms with Crippen molar-refractivity contribution in [1.29, 1.82) is 0 Å². The second-order valence-electron chi connectivity index (χ2n) is 8.96. The van der Waals surface area contributed by atoms with Crippen molar-refractivity contribution in [3.05, 3.63) is 76.8 Å². The summed E-state index contributed by atoms with van der Waals surface area (Å²) in [5.74, 6) is -0.893. The molecule has 1 aliphatic rings. The van der Waals surface area contributed by atoms with Gasteiger partial charge in [-0.2, -0.15) is 0 Å². The van der Waals surface area contributed by atoms with Crippen LogP contribution in [0.5, 0.6) is 5.75 Å². The number of benzene rings is 2. The summed E-state index contributed by atoms with van der Waals surface area (Å²) in [6, 6.07) is 14.0. The third kappa shape index (κ3) is 8.32. The third-order valence-electron chi connectivity index (χ3n) is 6.01. The molecular formula is C29H27ClN4O7S. The average molecular weight is 611 g/mol. The number of amides is 4. The molecule has 0 unspecified atom stereocenters. The standard InChI is InChI=1S/C29H27ClN4O7S/c1-39-21-5-3-20(4-6-21)32-28-22(17-18-16-19(30)2-7-23(18)41-28)29(42)33-25(36)11-14-40-15-12-31-24(35)10-13-34-26(37)8-9-27(34)38/h2-9,16-17H,10-15H2,1H3,(H,31,35)(H,33,36,42)/b32-28-. The average Bonchev–Trinajstić information content (AvgIpc) is 3.30. The van der Waals surface area contributed by atoms with E-state index in [0.29, 0.717) is 33.0 Å². The number of rotatable bonds is 12. The fourth-order valence-electron chi connectivity index (χ4n) is 3.86. The molecule has 1 aliphatic heterocycles. The zero-order valence-corrected chi connectivity index (χ0v) is 24.1. The molecule has 0 saturated carbocycles. The van der Waals surface area contributed by atoms with Gasteiger partial charge in [-0.25, -0.2) is 4.99 Å². The molecule has 0 radical (unpaired) electrons. The number of nitrogens with one attached hydrogen (secondary N) is 2. The van der Waals surface area contributed by atoms with Crippen molar-refractivity contribution in [3.63, 3.8) is 0 Å². The van der Waals surface area contributed by atoms with Crippen molar-refractivity contribution in [2.45, 2.75) is 12.8 Å². The lowest BCUT2D eigenvalue weighted by molar-refractivity contribution is -0.137. The maximum atomic E-state index is 12.6. The highest BCUT2D eigenvalue weighted by Crippen LogP contribution is 2.21. The molecule has 4 rings (SSSR count). The molecule has 42 heavy (non-hydrogen) atoms. The van der Waals surface area contributed by atoms with Gasteiger partial charge in [-0.05, 0) is 48.5 Å². The van der Waals surface area contributed by atoms with E-state index in [0.717, 1.165) is 4.90 Å². The van der Waals surface area contributed by atoms with Crippen molar-refractivity contribution in [3.8, 4) is 5.75 Å². The number of halogens is 1. The number of methoxy groups -OCH3 is 1. The zero-order chi connectivity index (χ0) is 30.1. The first-order valence-corrected chi connectivity index (χ1v) is 13.7. The molecule has 11 nitrogen and oxygen atoms in total. The predicted molar refractivity (Wildman–Crippen MR) is 158 cm³/mol. The van der Waals surface area contributed by atoms with E-state index in [1.807, 2.05) is 0 Å². The van der Waals surface area contributed by atoms with E-state index < -0.39 is 11.8 Å². The Hall–Kier alpha value is -4.39. The van der Waals surface area contributed by atoms with Crippen LogP contribution in [0.1, 0.15) is 18.4 Å². The first-order chi connectivity index (χ1) is 20.2. The molecule has 0 saturated heterocycles. The quantitative estimate of drug-likeness (QED) is 0.181. The van der Waals surface area contributed by atoms with Gasteiger partial charge in [0.25, 0.3) is 11.8 Å². The SMILES string of the molecule is COc1ccc(/N=c2\oc3ccc(Cl)cc3cc2C(=S)NC(=O)CCOCCNC(=O)CCN2C(=O)C=CC2=O)cc1. The van der Waals surface area contributed by atoms with Gasteiger partial charge in [-0.1, -0.05) is 23.8 Å². The third-order valence-corrected chi connectivity index (χ3v) is 6.57. The highest BCUT2D eigenvalue weighted by atomic mass is 35.5. The van der Waals surface area contributed by atoms with E-state index in [4.69, 9.17) is 37.7 Å². The number of hydrogen-bond donors (Lipinski definition) is 2. The summed E-state index contributed by atoms with van der Waals surface area (Å²) in [6.45, 7) is 0.468. The van der Waals surface area contributed by atoms with Gasteiger partial charge in [-0.15, -0.1) is 0 Å². The van der Waals surface area contributed by atoms with Gasteiger partial charge >= 0.3 is 0 Å². The summed E-state index contributed by atoms with van der Waals surface area (Å²) < 4.78 is 16.6.